The minimum atomic E-state index is -3.53. The Morgan fingerprint density at radius 2 is 1.81 bits per heavy atom. The average molecular weight is 328 g/mol. The summed E-state index contributed by atoms with van der Waals surface area (Å²) in [6.07, 6.45) is 0.474. The van der Waals surface area contributed by atoms with Gasteiger partial charge < -0.3 is 10.6 Å². The number of likely N-dealkylation sites (N-methyl/N-ethyl adjacent to an activating group) is 1. The van der Waals surface area contributed by atoms with E-state index >= 15 is 0 Å². The lowest BCUT2D eigenvalue weighted by atomic mass is 10.1. The van der Waals surface area contributed by atoms with Crippen LogP contribution in [0.25, 0.3) is 0 Å². The SMILES string of the molecule is CN1CCN(NS(=O)(=O)c2ccc(CC(N)=S)cc2)CC1. The van der Waals surface area contributed by atoms with Crippen molar-refractivity contribution in [3.05, 3.63) is 29.8 Å². The van der Waals surface area contributed by atoms with E-state index in [2.05, 4.69) is 9.73 Å². The van der Waals surface area contributed by atoms with Crippen LogP contribution < -0.4 is 10.6 Å². The molecule has 0 bridgehead atoms. The molecule has 0 unspecified atom stereocenters. The topological polar surface area (TPSA) is 78.7 Å². The van der Waals surface area contributed by atoms with Crippen molar-refractivity contribution in [2.24, 2.45) is 5.73 Å². The third-order valence-electron chi connectivity index (χ3n) is 3.36. The van der Waals surface area contributed by atoms with Crippen LogP contribution in [0.15, 0.2) is 29.2 Å². The number of hydrogen-bond acceptors (Lipinski definition) is 5. The van der Waals surface area contributed by atoms with E-state index in [4.69, 9.17) is 18.0 Å². The second kappa shape index (κ2) is 6.80. The van der Waals surface area contributed by atoms with Gasteiger partial charge in [-0.15, -0.1) is 4.83 Å². The van der Waals surface area contributed by atoms with Crippen molar-refractivity contribution in [3.8, 4) is 0 Å². The van der Waals surface area contributed by atoms with Crippen LogP contribution in [0.3, 0.4) is 0 Å². The molecule has 6 nitrogen and oxygen atoms in total. The first-order valence-electron chi connectivity index (χ1n) is 6.70. The molecule has 116 valence electrons. The number of nitrogens with zero attached hydrogens (tertiary/aromatic N) is 2. The van der Waals surface area contributed by atoms with E-state index in [-0.39, 0.29) is 4.90 Å². The molecule has 3 N–H and O–H groups in total. The molecule has 0 spiro atoms. The zero-order valence-electron chi connectivity index (χ0n) is 11.9. The third kappa shape index (κ3) is 4.72. The highest BCUT2D eigenvalue weighted by atomic mass is 32.2. The van der Waals surface area contributed by atoms with Gasteiger partial charge in [0.05, 0.1) is 9.88 Å². The highest BCUT2D eigenvalue weighted by molar-refractivity contribution is 7.89. The molecule has 1 aliphatic heterocycles. The second-order valence-electron chi connectivity index (χ2n) is 5.17. The van der Waals surface area contributed by atoms with E-state index in [1.807, 2.05) is 7.05 Å². The van der Waals surface area contributed by atoms with Gasteiger partial charge in [0, 0.05) is 32.6 Å². The molecular formula is C13H20N4O2S2. The molecule has 1 saturated heterocycles. The summed E-state index contributed by atoms with van der Waals surface area (Å²) < 4.78 is 24.6. The first-order valence-corrected chi connectivity index (χ1v) is 8.59. The number of sulfonamides is 1. The van der Waals surface area contributed by atoms with Gasteiger partial charge in [-0.3, -0.25) is 0 Å². The third-order valence-corrected chi connectivity index (χ3v) is 4.90. The summed E-state index contributed by atoms with van der Waals surface area (Å²) in [4.78, 5) is 5.42. The lowest BCUT2D eigenvalue weighted by Crippen LogP contribution is -2.52. The fourth-order valence-electron chi connectivity index (χ4n) is 2.11. The number of benzene rings is 1. The van der Waals surface area contributed by atoms with Crippen LogP contribution in [0.1, 0.15) is 5.56 Å². The number of rotatable bonds is 5. The fourth-order valence-corrected chi connectivity index (χ4v) is 3.40. The van der Waals surface area contributed by atoms with Crippen molar-refractivity contribution in [3.63, 3.8) is 0 Å². The van der Waals surface area contributed by atoms with E-state index < -0.39 is 10.0 Å². The largest absolute Gasteiger partial charge is 0.393 e. The molecule has 2 rings (SSSR count). The summed E-state index contributed by atoms with van der Waals surface area (Å²) in [5.74, 6) is 0. The van der Waals surface area contributed by atoms with Crippen molar-refractivity contribution in [2.45, 2.75) is 11.3 Å². The van der Waals surface area contributed by atoms with E-state index in [0.29, 0.717) is 24.5 Å². The molecule has 0 aromatic heterocycles. The molecule has 0 amide bonds. The van der Waals surface area contributed by atoms with Gasteiger partial charge in [-0.05, 0) is 24.7 Å². The van der Waals surface area contributed by atoms with Gasteiger partial charge in [-0.1, -0.05) is 24.4 Å². The number of nitrogens with one attached hydrogen (secondary N) is 1. The highest BCUT2D eigenvalue weighted by Crippen LogP contribution is 2.12. The Hall–Kier alpha value is -1.06. The van der Waals surface area contributed by atoms with Crippen molar-refractivity contribution in [1.82, 2.24) is 14.7 Å². The van der Waals surface area contributed by atoms with Crippen LogP contribution in [0.5, 0.6) is 0 Å². The molecule has 1 aliphatic rings. The summed E-state index contributed by atoms with van der Waals surface area (Å²) in [6, 6.07) is 6.62. The summed E-state index contributed by atoms with van der Waals surface area (Å²) in [5, 5.41) is 1.73. The number of thiocarbonyl (C=S) groups is 1. The molecule has 21 heavy (non-hydrogen) atoms. The Bertz CT molecular complexity index is 593. The Morgan fingerprint density at radius 1 is 1.24 bits per heavy atom. The van der Waals surface area contributed by atoms with Crippen LogP contribution in [0, 0.1) is 0 Å². The predicted molar refractivity (Wildman–Crippen MR) is 86.3 cm³/mol. The fraction of sp³-hybridized carbons (Fsp3) is 0.462. The normalized spacial score (nSPS) is 17.8. The van der Waals surface area contributed by atoms with Gasteiger partial charge in [-0.2, -0.15) is 0 Å². The average Bonchev–Trinajstić information content (AvgIpc) is 2.41. The van der Waals surface area contributed by atoms with Gasteiger partial charge in [0.1, 0.15) is 0 Å². The number of nitrogens with two attached hydrogens (primary N) is 1. The maximum Gasteiger partial charge on any atom is 0.253 e. The first-order chi connectivity index (χ1) is 9.87. The van der Waals surface area contributed by atoms with E-state index in [9.17, 15) is 8.42 Å². The minimum Gasteiger partial charge on any atom is -0.393 e. The van der Waals surface area contributed by atoms with Crippen LogP contribution in [-0.2, 0) is 16.4 Å². The second-order valence-corrected chi connectivity index (χ2v) is 7.36. The van der Waals surface area contributed by atoms with E-state index in [0.717, 1.165) is 18.7 Å². The molecule has 0 saturated carbocycles. The quantitative estimate of drug-likeness (QED) is 0.738. The number of hydrogen-bond donors (Lipinski definition) is 2. The first kappa shape index (κ1) is 16.3. The Balaban J connectivity index is 2.03. The van der Waals surface area contributed by atoms with Crippen molar-refractivity contribution in [2.75, 3.05) is 33.2 Å². The number of hydrazine groups is 1. The lowest BCUT2D eigenvalue weighted by Gasteiger charge is -2.32. The van der Waals surface area contributed by atoms with Gasteiger partial charge in [-0.25, -0.2) is 13.4 Å². The molecule has 0 aliphatic carbocycles. The summed E-state index contributed by atoms with van der Waals surface area (Å²) >= 11 is 4.84. The summed E-state index contributed by atoms with van der Waals surface area (Å²) in [7, 11) is -1.51. The molecule has 1 heterocycles. The van der Waals surface area contributed by atoms with Crippen molar-refractivity contribution in [1.29, 1.82) is 0 Å². The molecule has 1 aromatic rings. The maximum atomic E-state index is 12.3. The van der Waals surface area contributed by atoms with Crippen LogP contribution >= 0.6 is 12.2 Å². The predicted octanol–water partition coefficient (Wildman–Crippen LogP) is -0.0441. The van der Waals surface area contributed by atoms with Crippen LogP contribution in [0.4, 0.5) is 0 Å². The Labute approximate surface area is 130 Å². The minimum absolute atomic E-state index is 0.244. The molecule has 1 fully saturated rings. The van der Waals surface area contributed by atoms with Crippen molar-refractivity contribution < 1.29 is 8.42 Å². The van der Waals surface area contributed by atoms with Gasteiger partial charge in [0.2, 0.25) is 0 Å². The zero-order valence-corrected chi connectivity index (χ0v) is 13.6. The van der Waals surface area contributed by atoms with Gasteiger partial charge in [0.25, 0.3) is 10.0 Å². The maximum absolute atomic E-state index is 12.3. The molecule has 1 aromatic carbocycles. The smallest absolute Gasteiger partial charge is 0.253 e. The van der Waals surface area contributed by atoms with Gasteiger partial charge >= 0.3 is 0 Å². The Kier molecular flexibility index (Phi) is 5.28. The molecule has 0 atom stereocenters. The summed E-state index contributed by atoms with van der Waals surface area (Å²) in [6.45, 7) is 3.04. The van der Waals surface area contributed by atoms with E-state index in [1.165, 1.54) is 0 Å². The van der Waals surface area contributed by atoms with Crippen LogP contribution in [-0.4, -0.2) is 56.5 Å². The molecular weight excluding hydrogens is 308 g/mol. The monoisotopic (exact) mass is 328 g/mol. The standard InChI is InChI=1S/C13H20N4O2S2/c1-16-6-8-17(9-7-16)15-21(18,19)12-4-2-11(3-5-12)10-13(14)20/h2-5,15H,6-10H2,1H3,(H2,14,20). The zero-order chi connectivity index (χ0) is 15.5. The lowest BCUT2D eigenvalue weighted by molar-refractivity contribution is 0.135. The number of piperazine rings is 1. The summed E-state index contributed by atoms with van der Waals surface area (Å²) in [5.41, 5.74) is 6.38. The molecule has 0 radical (unpaired) electrons. The Morgan fingerprint density at radius 3 is 2.33 bits per heavy atom. The van der Waals surface area contributed by atoms with Gasteiger partial charge in [0.15, 0.2) is 0 Å². The van der Waals surface area contributed by atoms with E-state index in [1.54, 1.807) is 29.3 Å². The van der Waals surface area contributed by atoms with Crippen LogP contribution in [0.2, 0.25) is 0 Å². The van der Waals surface area contributed by atoms with Crippen molar-refractivity contribution >= 4 is 27.2 Å². The molecule has 8 heteroatoms. The highest BCUT2D eigenvalue weighted by Gasteiger charge is 2.21.